The fourth-order valence-corrected chi connectivity index (χ4v) is 1.62. The molecular weight excluding hydrogens is 214 g/mol. The van der Waals surface area contributed by atoms with Crippen LogP contribution in [0.4, 0.5) is 0 Å². The lowest BCUT2D eigenvalue weighted by Crippen LogP contribution is -2.13. The van der Waals surface area contributed by atoms with Crippen molar-refractivity contribution in [1.29, 1.82) is 0 Å². The Hall–Kier alpha value is -1.68. The van der Waals surface area contributed by atoms with Crippen LogP contribution in [0.25, 0.3) is 11.4 Å². The summed E-state index contributed by atoms with van der Waals surface area (Å²) in [7, 11) is 0. The van der Waals surface area contributed by atoms with Crippen LogP contribution >= 0.6 is 0 Å². The molecule has 1 aromatic heterocycles. The van der Waals surface area contributed by atoms with Crippen LogP contribution in [0.5, 0.6) is 0 Å². The van der Waals surface area contributed by atoms with Crippen molar-refractivity contribution in [3.05, 3.63) is 35.7 Å². The molecule has 0 saturated heterocycles. The van der Waals surface area contributed by atoms with Crippen LogP contribution in [-0.4, -0.2) is 16.7 Å². The zero-order chi connectivity index (χ0) is 12.3. The topological polar surface area (TPSA) is 64.9 Å². The number of aromatic nitrogens is 2. The van der Waals surface area contributed by atoms with Crippen molar-refractivity contribution >= 4 is 0 Å². The first-order valence-corrected chi connectivity index (χ1v) is 5.78. The molecule has 1 heterocycles. The van der Waals surface area contributed by atoms with Gasteiger partial charge in [0, 0.05) is 12.0 Å². The molecule has 1 unspecified atom stereocenters. The van der Waals surface area contributed by atoms with Crippen molar-refractivity contribution in [2.75, 3.05) is 6.54 Å². The Bertz CT molecular complexity index is 493. The highest BCUT2D eigenvalue weighted by Crippen LogP contribution is 2.17. The lowest BCUT2D eigenvalue weighted by molar-refractivity contribution is 0.360. The summed E-state index contributed by atoms with van der Waals surface area (Å²) in [6.07, 6.45) is 0.731. The van der Waals surface area contributed by atoms with Crippen molar-refractivity contribution in [2.24, 2.45) is 11.7 Å². The fraction of sp³-hybridized carbons (Fsp3) is 0.385. The molecule has 0 spiro atoms. The lowest BCUT2D eigenvalue weighted by atomic mass is 10.1. The Morgan fingerprint density at radius 1 is 1.41 bits per heavy atom. The number of aryl methyl sites for hydroxylation is 1. The van der Waals surface area contributed by atoms with Crippen LogP contribution in [-0.2, 0) is 6.42 Å². The standard InChI is InChI=1S/C13H17N3O/c1-9-4-3-5-11(6-9)13-15-12(17-16-13)7-10(2)8-14/h3-6,10H,7-8,14H2,1-2H3. The molecule has 0 saturated carbocycles. The molecule has 0 amide bonds. The van der Waals surface area contributed by atoms with E-state index in [4.69, 9.17) is 10.3 Å². The van der Waals surface area contributed by atoms with Gasteiger partial charge in [-0.1, -0.05) is 35.8 Å². The van der Waals surface area contributed by atoms with Crippen LogP contribution in [0.3, 0.4) is 0 Å². The smallest absolute Gasteiger partial charge is 0.227 e. The number of nitrogens with zero attached hydrogens (tertiary/aromatic N) is 2. The summed E-state index contributed by atoms with van der Waals surface area (Å²) >= 11 is 0. The summed E-state index contributed by atoms with van der Waals surface area (Å²) in [5.41, 5.74) is 7.74. The van der Waals surface area contributed by atoms with E-state index < -0.39 is 0 Å². The highest BCUT2D eigenvalue weighted by atomic mass is 16.5. The highest BCUT2D eigenvalue weighted by Gasteiger charge is 2.11. The van der Waals surface area contributed by atoms with Crippen molar-refractivity contribution in [3.63, 3.8) is 0 Å². The van der Waals surface area contributed by atoms with Gasteiger partial charge in [0.1, 0.15) is 0 Å². The third kappa shape index (κ3) is 2.91. The van der Waals surface area contributed by atoms with Gasteiger partial charge in [0.2, 0.25) is 11.7 Å². The molecule has 17 heavy (non-hydrogen) atoms. The Balaban J connectivity index is 2.18. The normalized spacial score (nSPS) is 12.6. The van der Waals surface area contributed by atoms with Gasteiger partial charge in [0.15, 0.2) is 0 Å². The molecule has 90 valence electrons. The molecule has 2 aromatic rings. The third-order valence-corrected chi connectivity index (χ3v) is 2.67. The van der Waals surface area contributed by atoms with E-state index in [1.165, 1.54) is 5.56 Å². The average molecular weight is 231 g/mol. The Morgan fingerprint density at radius 2 is 2.24 bits per heavy atom. The van der Waals surface area contributed by atoms with Gasteiger partial charge in [-0.05, 0) is 25.5 Å². The van der Waals surface area contributed by atoms with Crippen LogP contribution in [0, 0.1) is 12.8 Å². The largest absolute Gasteiger partial charge is 0.339 e. The molecular formula is C13H17N3O. The summed E-state index contributed by atoms with van der Waals surface area (Å²) in [5, 5.41) is 3.99. The van der Waals surface area contributed by atoms with E-state index in [-0.39, 0.29) is 0 Å². The van der Waals surface area contributed by atoms with Gasteiger partial charge < -0.3 is 10.3 Å². The number of hydrogen-bond acceptors (Lipinski definition) is 4. The second-order valence-corrected chi connectivity index (χ2v) is 4.43. The van der Waals surface area contributed by atoms with Crippen LogP contribution in [0.1, 0.15) is 18.4 Å². The summed E-state index contributed by atoms with van der Waals surface area (Å²) in [6, 6.07) is 8.05. The first-order chi connectivity index (χ1) is 8.19. The predicted molar refractivity (Wildman–Crippen MR) is 66.4 cm³/mol. The van der Waals surface area contributed by atoms with E-state index >= 15 is 0 Å². The van der Waals surface area contributed by atoms with Gasteiger partial charge in [-0.25, -0.2) is 0 Å². The predicted octanol–water partition coefficient (Wildman–Crippen LogP) is 2.18. The van der Waals surface area contributed by atoms with Gasteiger partial charge in [-0.2, -0.15) is 4.98 Å². The van der Waals surface area contributed by atoms with E-state index in [2.05, 4.69) is 17.1 Å². The lowest BCUT2D eigenvalue weighted by Gasteiger charge is -2.01. The van der Waals surface area contributed by atoms with Crippen LogP contribution in [0.15, 0.2) is 28.8 Å². The van der Waals surface area contributed by atoms with Crippen molar-refractivity contribution in [3.8, 4) is 11.4 Å². The van der Waals surface area contributed by atoms with Crippen LogP contribution < -0.4 is 5.73 Å². The van der Waals surface area contributed by atoms with E-state index in [9.17, 15) is 0 Å². The molecule has 0 aliphatic carbocycles. The molecule has 2 rings (SSSR count). The minimum atomic E-state index is 0.362. The SMILES string of the molecule is Cc1cccc(-c2noc(CC(C)CN)n2)c1. The van der Waals surface area contributed by atoms with E-state index in [1.54, 1.807) is 0 Å². The zero-order valence-electron chi connectivity index (χ0n) is 10.2. The number of benzene rings is 1. The van der Waals surface area contributed by atoms with Gasteiger partial charge in [-0.15, -0.1) is 0 Å². The molecule has 0 aliphatic heterocycles. The summed E-state index contributed by atoms with van der Waals surface area (Å²) in [6.45, 7) is 4.74. The van der Waals surface area contributed by atoms with Crippen molar-refractivity contribution < 1.29 is 4.52 Å². The Labute approximate surface area is 101 Å². The number of hydrogen-bond donors (Lipinski definition) is 1. The quantitative estimate of drug-likeness (QED) is 0.876. The molecule has 0 radical (unpaired) electrons. The summed E-state index contributed by atoms with van der Waals surface area (Å²) in [5.74, 6) is 1.66. The average Bonchev–Trinajstić information content (AvgIpc) is 2.77. The molecule has 0 fully saturated rings. The molecule has 0 bridgehead atoms. The molecule has 1 aromatic carbocycles. The van der Waals surface area contributed by atoms with Crippen molar-refractivity contribution in [1.82, 2.24) is 10.1 Å². The maximum atomic E-state index is 5.57. The molecule has 4 nitrogen and oxygen atoms in total. The maximum absolute atomic E-state index is 5.57. The van der Waals surface area contributed by atoms with Gasteiger partial charge >= 0.3 is 0 Å². The second kappa shape index (κ2) is 5.10. The van der Waals surface area contributed by atoms with E-state index in [0.717, 1.165) is 12.0 Å². The van der Waals surface area contributed by atoms with Crippen LogP contribution in [0.2, 0.25) is 0 Å². The first-order valence-electron chi connectivity index (χ1n) is 5.78. The zero-order valence-corrected chi connectivity index (χ0v) is 10.2. The Morgan fingerprint density at radius 3 is 2.94 bits per heavy atom. The monoisotopic (exact) mass is 231 g/mol. The minimum absolute atomic E-state index is 0.362. The van der Waals surface area contributed by atoms with Gasteiger partial charge in [0.25, 0.3) is 0 Å². The first kappa shape index (κ1) is 11.8. The van der Waals surface area contributed by atoms with E-state index in [0.29, 0.717) is 24.2 Å². The number of rotatable bonds is 4. The molecule has 1 atom stereocenters. The van der Waals surface area contributed by atoms with Gasteiger partial charge in [0.05, 0.1) is 0 Å². The Kier molecular flexibility index (Phi) is 3.54. The molecule has 0 aliphatic rings. The summed E-state index contributed by atoms with van der Waals surface area (Å²) < 4.78 is 5.21. The summed E-state index contributed by atoms with van der Waals surface area (Å²) in [4.78, 5) is 4.38. The maximum Gasteiger partial charge on any atom is 0.227 e. The van der Waals surface area contributed by atoms with E-state index in [1.807, 2.05) is 31.2 Å². The number of nitrogens with two attached hydrogens (primary N) is 1. The highest BCUT2D eigenvalue weighted by molar-refractivity contribution is 5.55. The van der Waals surface area contributed by atoms with Crippen molar-refractivity contribution in [2.45, 2.75) is 20.3 Å². The fourth-order valence-electron chi connectivity index (χ4n) is 1.62. The molecule has 2 N–H and O–H groups in total. The minimum Gasteiger partial charge on any atom is -0.339 e. The third-order valence-electron chi connectivity index (χ3n) is 2.67. The second-order valence-electron chi connectivity index (χ2n) is 4.43. The van der Waals surface area contributed by atoms with Gasteiger partial charge in [-0.3, -0.25) is 0 Å². The molecule has 4 heteroatoms.